The first-order chi connectivity index (χ1) is 14.5. The van der Waals surface area contributed by atoms with Crippen LogP contribution in [0.2, 0.25) is 0 Å². The molecule has 1 aromatic carbocycles. The van der Waals surface area contributed by atoms with Crippen LogP contribution >= 0.6 is 0 Å². The third kappa shape index (κ3) is 5.45. The number of carbonyl (C=O) groups excluding carboxylic acids is 2. The third-order valence-electron chi connectivity index (χ3n) is 5.88. The maximum atomic E-state index is 13.3. The molecular formula is C23H35N3O4. The van der Waals surface area contributed by atoms with Crippen molar-refractivity contribution in [2.24, 2.45) is 5.92 Å². The van der Waals surface area contributed by atoms with Crippen molar-refractivity contribution in [3.8, 4) is 5.75 Å². The molecule has 0 aliphatic carbocycles. The van der Waals surface area contributed by atoms with Crippen LogP contribution in [-0.4, -0.2) is 62.3 Å². The predicted molar refractivity (Wildman–Crippen MR) is 117 cm³/mol. The van der Waals surface area contributed by atoms with Crippen molar-refractivity contribution in [3.63, 3.8) is 0 Å². The van der Waals surface area contributed by atoms with Crippen molar-refractivity contribution in [3.05, 3.63) is 23.8 Å². The van der Waals surface area contributed by atoms with Crippen molar-refractivity contribution >= 4 is 17.6 Å². The van der Waals surface area contributed by atoms with E-state index in [4.69, 9.17) is 9.47 Å². The molecule has 2 aliphatic heterocycles. The normalized spacial score (nSPS) is 19.2. The molecule has 2 heterocycles. The molecule has 0 radical (unpaired) electrons. The third-order valence-corrected chi connectivity index (χ3v) is 5.88. The Morgan fingerprint density at radius 1 is 1.23 bits per heavy atom. The van der Waals surface area contributed by atoms with Gasteiger partial charge in [-0.25, -0.2) is 4.79 Å². The van der Waals surface area contributed by atoms with Crippen LogP contribution in [0.3, 0.4) is 0 Å². The molecular weight excluding hydrogens is 382 g/mol. The van der Waals surface area contributed by atoms with Gasteiger partial charge in [0.25, 0.3) is 0 Å². The Hall–Kier alpha value is -2.28. The average Bonchev–Trinajstić information content (AvgIpc) is 2.77. The summed E-state index contributed by atoms with van der Waals surface area (Å²) in [5.74, 6) is 0.842. The van der Waals surface area contributed by atoms with Gasteiger partial charge in [-0.15, -0.1) is 0 Å². The summed E-state index contributed by atoms with van der Waals surface area (Å²) in [6.45, 7) is 9.84. The van der Waals surface area contributed by atoms with E-state index in [1.165, 1.54) is 0 Å². The fourth-order valence-corrected chi connectivity index (χ4v) is 4.03. The van der Waals surface area contributed by atoms with Crippen molar-refractivity contribution in [1.82, 2.24) is 10.2 Å². The number of fused-ring (bicyclic) bond motifs is 1. The summed E-state index contributed by atoms with van der Waals surface area (Å²) in [5, 5.41) is 3.00. The molecule has 1 unspecified atom stereocenters. The number of hydrogen-bond donors (Lipinski definition) is 1. The number of anilines is 1. The van der Waals surface area contributed by atoms with E-state index in [0.717, 1.165) is 29.8 Å². The second-order valence-electron chi connectivity index (χ2n) is 8.12. The molecule has 2 aliphatic rings. The molecule has 0 spiro atoms. The zero-order valence-electron chi connectivity index (χ0n) is 18.5. The van der Waals surface area contributed by atoms with Gasteiger partial charge in [-0.1, -0.05) is 13.0 Å². The topological polar surface area (TPSA) is 71.1 Å². The molecule has 7 nitrogen and oxygen atoms in total. The summed E-state index contributed by atoms with van der Waals surface area (Å²) >= 11 is 0. The smallest absolute Gasteiger partial charge is 0.324 e. The fraction of sp³-hybridized carbons (Fsp3) is 0.652. The van der Waals surface area contributed by atoms with Crippen LogP contribution in [0.4, 0.5) is 10.5 Å². The van der Waals surface area contributed by atoms with Crippen LogP contribution < -0.4 is 15.0 Å². The van der Waals surface area contributed by atoms with E-state index in [2.05, 4.69) is 12.2 Å². The first-order valence-electron chi connectivity index (χ1n) is 11.2. The van der Waals surface area contributed by atoms with E-state index >= 15 is 0 Å². The number of amides is 3. The highest BCUT2D eigenvalue weighted by Crippen LogP contribution is 2.36. The lowest BCUT2D eigenvalue weighted by atomic mass is 9.96. The Labute approximate surface area is 179 Å². The number of carbonyl (C=O) groups is 2. The molecule has 1 N–H and O–H groups in total. The van der Waals surface area contributed by atoms with Crippen LogP contribution in [0.5, 0.6) is 5.75 Å². The van der Waals surface area contributed by atoms with Gasteiger partial charge in [0, 0.05) is 38.8 Å². The number of nitrogens with one attached hydrogen (secondary N) is 1. The number of ether oxygens (including phenoxy) is 2. The Bertz CT molecular complexity index is 731. The zero-order valence-corrected chi connectivity index (χ0v) is 18.5. The van der Waals surface area contributed by atoms with Gasteiger partial charge >= 0.3 is 6.03 Å². The lowest BCUT2D eigenvalue weighted by Crippen LogP contribution is -2.52. The highest BCUT2D eigenvalue weighted by molar-refractivity contribution is 5.94. The molecule has 0 saturated carbocycles. The Kier molecular flexibility index (Phi) is 7.96. The molecule has 0 bridgehead atoms. The summed E-state index contributed by atoms with van der Waals surface area (Å²) < 4.78 is 11.3. The molecule has 7 heteroatoms. The molecule has 166 valence electrons. The summed E-state index contributed by atoms with van der Waals surface area (Å²) in [7, 11) is 0. The largest absolute Gasteiger partial charge is 0.486 e. The van der Waals surface area contributed by atoms with Crippen LogP contribution in [0.25, 0.3) is 0 Å². The summed E-state index contributed by atoms with van der Waals surface area (Å²) in [4.78, 5) is 29.5. The number of likely N-dealkylation sites (tertiary alicyclic amines) is 1. The second kappa shape index (κ2) is 10.7. The summed E-state index contributed by atoms with van der Waals surface area (Å²) in [6.07, 6.45) is 3.08. The van der Waals surface area contributed by atoms with Gasteiger partial charge in [0.2, 0.25) is 5.91 Å². The van der Waals surface area contributed by atoms with Gasteiger partial charge in [0.05, 0.1) is 12.2 Å². The molecule has 3 rings (SSSR count). The van der Waals surface area contributed by atoms with E-state index in [9.17, 15) is 9.59 Å². The summed E-state index contributed by atoms with van der Waals surface area (Å²) in [5.41, 5.74) is 1.95. The Morgan fingerprint density at radius 2 is 2.00 bits per heavy atom. The van der Waals surface area contributed by atoms with Gasteiger partial charge < -0.3 is 19.7 Å². The molecule has 1 saturated heterocycles. The lowest BCUT2D eigenvalue weighted by molar-refractivity contribution is -0.126. The van der Waals surface area contributed by atoms with Gasteiger partial charge in [0.15, 0.2) is 0 Å². The van der Waals surface area contributed by atoms with E-state index < -0.39 is 0 Å². The minimum Gasteiger partial charge on any atom is -0.486 e. The van der Waals surface area contributed by atoms with Crippen LogP contribution in [0, 0.1) is 12.8 Å². The van der Waals surface area contributed by atoms with E-state index in [1.807, 2.05) is 41.8 Å². The minimum atomic E-state index is -0.0243. The first kappa shape index (κ1) is 22.4. The Morgan fingerprint density at radius 3 is 2.70 bits per heavy atom. The van der Waals surface area contributed by atoms with Gasteiger partial charge in [-0.2, -0.15) is 0 Å². The molecule has 3 amide bonds. The lowest BCUT2D eigenvalue weighted by Gasteiger charge is -2.39. The van der Waals surface area contributed by atoms with Crippen molar-refractivity contribution in [2.75, 3.05) is 44.3 Å². The average molecular weight is 418 g/mol. The fourth-order valence-electron chi connectivity index (χ4n) is 4.03. The monoisotopic (exact) mass is 417 g/mol. The minimum absolute atomic E-state index is 0.00385. The van der Waals surface area contributed by atoms with Gasteiger partial charge in [-0.05, 0) is 57.2 Å². The molecule has 1 fully saturated rings. The van der Waals surface area contributed by atoms with E-state index in [1.54, 1.807) is 0 Å². The van der Waals surface area contributed by atoms with Crippen molar-refractivity contribution < 1.29 is 19.1 Å². The predicted octanol–water partition coefficient (Wildman–Crippen LogP) is 3.35. The molecule has 30 heavy (non-hydrogen) atoms. The summed E-state index contributed by atoms with van der Waals surface area (Å²) in [6, 6.07) is 5.99. The maximum absolute atomic E-state index is 13.3. The van der Waals surface area contributed by atoms with E-state index in [0.29, 0.717) is 52.2 Å². The van der Waals surface area contributed by atoms with Gasteiger partial charge in [-0.3, -0.25) is 9.69 Å². The van der Waals surface area contributed by atoms with Crippen LogP contribution in [-0.2, 0) is 9.53 Å². The SMILES string of the molecule is CCOCCCNC(=O)C1CCN(C(=O)N2CC(CC)Oc3ccc(C)cc32)CC1. The number of hydrogen-bond acceptors (Lipinski definition) is 4. The highest BCUT2D eigenvalue weighted by atomic mass is 16.5. The van der Waals surface area contributed by atoms with Crippen LogP contribution in [0.1, 0.15) is 45.1 Å². The zero-order chi connectivity index (χ0) is 21.5. The van der Waals surface area contributed by atoms with Crippen molar-refractivity contribution in [2.45, 2.75) is 52.6 Å². The highest BCUT2D eigenvalue weighted by Gasteiger charge is 2.34. The maximum Gasteiger partial charge on any atom is 0.324 e. The number of nitrogens with zero attached hydrogens (tertiary/aromatic N) is 2. The second-order valence-corrected chi connectivity index (χ2v) is 8.12. The standard InChI is InChI=1S/C23H35N3O4/c1-4-19-16-26(20-15-17(3)7-8-21(20)30-19)23(28)25-12-9-18(10-13-25)22(27)24-11-6-14-29-5-2/h7-8,15,18-19H,4-6,9-14,16H2,1-3H3,(H,24,27). The van der Waals surface area contributed by atoms with Crippen LogP contribution in [0.15, 0.2) is 18.2 Å². The number of piperidine rings is 1. The first-order valence-corrected chi connectivity index (χ1v) is 11.2. The molecule has 0 aromatic heterocycles. The molecule has 1 atom stereocenters. The number of urea groups is 1. The number of benzene rings is 1. The number of rotatable bonds is 7. The Balaban J connectivity index is 1.55. The van der Waals surface area contributed by atoms with E-state index in [-0.39, 0.29) is 24.0 Å². The van der Waals surface area contributed by atoms with Crippen molar-refractivity contribution in [1.29, 1.82) is 0 Å². The quantitative estimate of drug-likeness (QED) is 0.691. The molecule has 1 aromatic rings. The van der Waals surface area contributed by atoms with Gasteiger partial charge in [0.1, 0.15) is 11.9 Å². The number of aryl methyl sites for hydroxylation is 1.